The first-order chi connectivity index (χ1) is 7.95. The Kier molecular flexibility index (Phi) is 4.22. The Labute approximate surface area is 102 Å². The van der Waals surface area contributed by atoms with Gasteiger partial charge in [0.25, 0.3) is 0 Å². The summed E-state index contributed by atoms with van der Waals surface area (Å²) in [4.78, 5) is 16.1. The normalized spacial score (nSPS) is 12.0. The quantitative estimate of drug-likeness (QED) is 0.868. The van der Waals surface area contributed by atoms with E-state index in [4.69, 9.17) is 5.26 Å². The first kappa shape index (κ1) is 13.2. The lowest BCUT2D eigenvalue weighted by Crippen LogP contribution is -2.26. The second-order valence-electron chi connectivity index (χ2n) is 4.43. The summed E-state index contributed by atoms with van der Waals surface area (Å²) >= 11 is 0. The minimum atomic E-state index is -0.629. The van der Waals surface area contributed by atoms with Gasteiger partial charge in [0.15, 0.2) is 0 Å². The van der Waals surface area contributed by atoms with Gasteiger partial charge in [0, 0.05) is 5.69 Å². The smallest absolute Gasteiger partial charge is 0.242 e. The summed E-state index contributed by atoms with van der Waals surface area (Å²) in [5, 5.41) is 11.7. The van der Waals surface area contributed by atoms with Gasteiger partial charge in [-0.05, 0) is 31.9 Å². The number of carbonyl (C=O) groups excluding carboxylic acids is 1. The highest BCUT2D eigenvalue weighted by Gasteiger charge is 2.22. The minimum Gasteiger partial charge on any atom is -0.323 e. The fourth-order valence-corrected chi connectivity index (χ4v) is 1.54. The number of hydrogen-bond acceptors (Lipinski definition) is 3. The summed E-state index contributed by atoms with van der Waals surface area (Å²) in [5.74, 6) is -0.898. The van der Waals surface area contributed by atoms with E-state index < -0.39 is 5.92 Å². The van der Waals surface area contributed by atoms with Gasteiger partial charge in [0.1, 0.15) is 5.92 Å². The van der Waals surface area contributed by atoms with E-state index in [1.807, 2.05) is 45.9 Å². The molecule has 1 rings (SSSR count). The first-order valence-corrected chi connectivity index (χ1v) is 5.60. The van der Waals surface area contributed by atoms with Crippen LogP contribution in [0, 0.1) is 37.0 Å². The van der Waals surface area contributed by atoms with Crippen molar-refractivity contribution < 1.29 is 4.79 Å². The average Bonchev–Trinajstić information content (AvgIpc) is 2.22. The molecule has 1 N–H and O–H groups in total. The number of anilines is 1. The monoisotopic (exact) mass is 231 g/mol. The second-order valence-corrected chi connectivity index (χ2v) is 4.43. The van der Waals surface area contributed by atoms with Gasteiger partial charge in [0.2, 0.25) is 5.91 Å². The maximum Gasteiger partial charge on any atom is 0.242 e. The van der Waals surface area contributed by atoms with Crippen molar-refractivity contribution in [2.45, 2.75) is 27.7 Å². The number of carbonyl (C=O) groups is 1. The molecular weight excluding hydrogens is 214 g/mol. The van der Waals surface area contributed by atoms with Gasteiger partial charge in [-0.1, -0.05) is 13.8 Å². The average molecular weight is 231 g/mol. The summed E-state index contributed by atoms with van der Waals surface area (Å²) < 4.78 is 0. The fraction of sp³-hybridized carbons (Fsp3) is 0.462. The number of amides is 1. The van der Waals surface area contributed by atoms with E-state index in [-0.39, 0.29) is 11.8 Å². The molecule has 0 saturated heterocycles. The second kappa shape index (κ2) is 5.44. The Morgan fingerprint density at radius 3 is 2.53 bits per heavy atom. The van der Waals surface area contributed by atoms with Gasteiger partial charge < -0.3 is 5.32 Å². The van der Waals surface area contributed by atoms with Crippen molar-refractivity contribution in [3.8, 4) is 6.07 Å². The molecule has 90 valence electrons. The summed E-state index contributed by atoms with van der Waals surface area (Å²) in [6.45, 7) is 7.44. The maximum atomic E-state index is 11.9. The number of nitriles is 1. The Morgan fingerprint density at radius 2 is 2.06 bits per heavy atom. The third-order valence-corrected chi connectivity index (χ3v) is 2.57. The lowest BCUT2D eigenvalue weighted by molar-refractivity contribution is -0.119. The molecule has 1 heterocycles. The van der Waals surface area contributed by atoms with Crippen molar-refractivity contribution in [3.05, 3.63) is 23.5 Å². The van der Waals surface area contributed by atoms with E-state index in [1.165, 1.54) is 0 Å². The molecular formula is C13H17N3O. The number of rotatable bonds is 3. The molecule has 1 aromatic heterocycles. The third-order valence-electron chi connectivity index (χ3n) is 2.57. The van der Waals surface area contributed by atoms with Crippen molar-refractivity contribution in [1.29, 1.82) is 5.26 Å². The van der Waals surface area contributed by atoms with Crippen LogP contribution < -0.4 is 5.32 Å². The number of aromatic nitrogens is 1. The van der Waals surface area contributed by atoms with Crippen molar-refractivity contribution in [1.82, 2.24) is 4.98 Å². The number of nitrogens with one attached hydrogen (secondary N) is 1. The molecule has 0 radical (unpaired) electrons. The summed E-state index contributed by atoms with van der Waals surface area (Å²) in [7, 11) is 0. The lowest BCUT2D eigenvalue weighted by Gasteiger charge is -2.14. The SMILES string of the molecule is Cc1ccc(NC(=O)C(C#N)C(C)C)c(C)n1. The van der Waals surface area contributed by atoms with Crippen LogP contribution in [0.4, 0.5) is 5.69 Å². The van der Waals surface area contributed by atoms with E-state index >= 15 is 0 Å². The predicted octanol–water partition coefficient (Wildman–Crippen LogP) is 2.43. The predicted molar refractivity (Wildman–Crippen MR) is 66.3 cm³/mol. The number of hydrogen-bond donors (Lipinski definition) is 1. The van der Waals surface area contributed by atoms with Crippen LogP contribution in [-0.2, 0) is 4.79 Å². The standard InChI is InChI=1S/C13H17N3O/c1-8(2)11(7-14)13(17)16-12-6-5-9(3)15-10(12)4/h5-6,8,11H,1-4H3,(H,16,17). The van der Waals surface area contributed by atoms with Gasteiger partial charge in [-0.15, -0.1) is 0 Å². The Balaban J connectivity index is 2.85. The summed E-state index contributed by atoms with van der Waals surface area (Å²) in [6, 6.07) is 5.66. The molecule has 4 heteroatoms. The van der Waals surface area contributed by atoms with E-state index in [2.05, 4.69) is 10.3 Å². The zero-order valence-corrected chi connectivity index (χ0v) is 10.6. The molecule has 0 saturated carbocycles. The zero-order chi connectivity index (χ0) is 13.0. The molecule has 0 aliphatic carbocycles. The van der Waals surface area contributed by atoms with Crippen LogP contribution in [0.15, 0.2) is 12.1 Å². The molecule has 1 aromatic rings. The van der Waals surface area contributed by atoms with Crippen molar-refractivity contribution >= 4 is 11.6 Å². The largest absolute Gasteiger partial charge is 0.323 e. The Morgan fingerprint density at radius 1 is 1.41 bits per heavy atom. The van der Waals surface area contributed by atoms with E-state index in [1.54, 1.807) is 0 Å². The lowest BCUT2D eigenvalue weighted by atomic mass is 9.96. The van der Waals surface area contributed by atoms with Crippen LogP contribution in [0.1, 0.15) is 25.2 Å². The van der Waals surface area contributed by atoms with Gasteiger partial charge in [-0.2, -0.15) is 5.26 Å². The molecule has 1 unspecified atom stereocenters. The van der Waals surface area contributed by atoms with Gasteiger partial charge in [-0.25, -0.2) is 0 Å². The van der Waals surface area contributed by atoms with Crippen LogP contribution in [0.3, 0.4) is 0 Å². The van der Waals surface area contributed by atoms with Crippen LogP contribution in [-0.4, -0.2) is 10.9 Å². The van der Waals surface area contributed by atoms with E-state index in [0.29, 0.717) is 5.69 Å². The molecule has 0 aromatic carbocycles. The highest BCUT2D eigenvalue weighted by Crippen LogP contribution is 2.16. The van der Waals surface area contributed by atoms with Crippen LogP contribution in [0.2, 0.25) is 0 Å². The topological polar surface area (TPSA) is 65.8 Å². The highest BCUT2D eigenvalue weighted by molar-refractivity contribution is 5.94. The fourth-order valence-electron chi connectivity index (χ4n) is 1.54. The number of nitrogens with zero attached hydrogens (tertiary/aromatic N) is 2. The summed E-state index contributed by atoms with van der Waals surface area (Å²) in [6.07, 6.45) is 0. The minimum absolute atomic E-state index is 0.00119. The van der Waals surface area contributed by atoms with E-state index in [0.717, 1.165) is 11.4 Å². The van der Waals surface area contributed by atoms with E-state index in [9.17, 15) is 4.79 Å². The van der Waals surface area contributed by atoms with Crippen molar-refractivity contribution in [2.75, 3.05) is 5.32 Å². The number of aryl methyl sites for hydroxylation is 2. The maximum absolute atomic E-state index is 11.9. The molecule has 0 aliphatic heterocycles. The molecule has 0 fully saturated rings. The zero-order valence-electron chi connectivity index (χ0n) is 10.6. The van der Waals surface area contributed by atoms with Crippen molar-refractivity contribution in [3.63, 3.8) is 0 Å². The highest BCUT2D eigenvalue weighted by atomic mass is 16.1. The molecule has 0 aliphatic rings. The molecule has 4 nitrogen and oxygen atoms in total. The molecule has 1 atom stereocenters. The first-order valence-electron chi connectivity index (χ1n) is 5.60. The molecule has 0 bridgehead atoms. The van der Waals surface area contributed by atoms with Crippen LogP contribution in [0.25, 0.3) is 0 Å². The van der Waals surface area contributed by atoms with Gasteiger partial charge in [0.05, 0.1) is 17.5 Å². The third kappa shape index (κ3) is 3.28. The Hall–Kier alpha value is -1.89. The number of pyridine rings is 1. The van der Waals surface area contributed by atoms with Crippen molar-refractivity contribution in [2.24, 2.45) is 11.8 Å². The molecule has 17 heavy (non-hydrogen) atoms. The molecule has 1 amide bonds. The summed E-state index contributed by atoms with van der Waals surface area (Å²) in [5.41, 5.74) is 2.33. The van der Waals surface area contributed by atoms with Gasteiger partial charge in [-0.3, -0.25) is 9.78 Å². The van der Waals surface area contributed by atoms with Gasteiger partial charge >= 0.3 is 0 Å². The van der Waals surface area contributed by atoms with Crippen LogP contribution >= 0.6 is 0 Å². The van der Waals surface area contributed by atoms with Crippen LogP contribution in [0.5, 0.6) is 0 Å². The molecule has 0 spiro atoms. The Bertz CT molecular complexity index is 460.